The van der Waals surface area contributed by atoms with Crippen LogP contribution in [0.3, 0.4) is 0 Å². The normalized spacial score (nSPS) is 11.6. The number of thiophene rings is 2. The highest BCUT2D eigenvalue weighted by molar-refractivity contribution is 7.26. The number of rotatable bonds is 6. The summed E-state index contributed by atoms with van der Waals surface area (Å²) in [6.07, 6.45) is 0. The van der Waals surface area contributed by atoms with E-state index in [0.717, 1.165) is 55.9 Å². The Balaban J connectivity index is 1.15. The molecule has 56 heavy (non-hydrogen) atoms. The minimum atomic E-state index is 0.704. The SMILES string of the molecule is c1ccc(-c2cc(-c3ccc4sc5ccccc5c4c3)cc(-c3cc(-c4ccccc4-c4ccccc4)nc(-c4ccc5sc6ccccc6c5c4)n3)c2)cc1. The van der Waals surface area contributed by atoms with E-state index in [1.165, 1.54) is 45.9 Å². The first kappa shape index (κ1) is 32.7. The molecule has 8 aromatic carbocycles. The van der Waals surface area contributed by atoms with Crippen LogP contribution in [-0.4, -0.2) is 9.97 Å². The van der Waals surface area contributed by atoms with Gasteiger partial charge in [0.2, 0.25) is 0 Å². The van der Waals surface area contributed by atoms with Gasteiger partial charge >= 0.3 is 0 Å². The minimum Gasteiger partial charge on any atom is -0.228 e. The predicted molar refractivity (Wildman–Crippen MR) is 240 cm³/mol. The predicted octanol–water partition coefficient (Wildman–Crippen LogP) is 15.2. The van der Waals surface area contributed by atoms with Gasteiger partial charge in [0.1, 0.15) is 0 Å². The zero-order valence-corrected chi connectivity index (χ0v) is 31.8. The molecule has 0 N–H and O–H groups in total. The van der Waals surface area contributed by atoms with Crippen molar-refractivity contribution in [3.05, 3.63) is 194 Å². The highest BCUT2D eigenvalue weighted by Gasteiger charge is 2.17. The van der Waals surface area contributed by atoms with Crippen LogP contribution >= 0.6 is 22.7 Å². The Bertz CT molecular complexity index is 3250. The van der Waals surface area contributed by atoms with Crippen LogP contribution in [0.5, 0.6) is 0 Å². The lowest BCUT2D eigenvalue weighted by Crippen LogP contribution is -1.97. The summed E-state index contributed by atoms with van der Waals surface area (Å²) in [4.78, 5) is 10.8. The summed E-state index contributed by atoms with van der Waals surface area (Å²) in [5.74, 6) is 0.704. The zero-order valence-electron chi connectivity index (χ0n) is 30.2. The monoisotopic (exact) mass is 748 g/mol. The third-order valence-corrected chi connectivity index (χ3v) is 13.0. The van der Waals surface area contributed by atoms with Gasteiger partial charge < -0.3 is 0 Å². The van der Waals surface area contributed by atoms with Crippen molar-refractivity contribution in [1.29, 1.82) is 0 Å². The molecule has 11 rings (SSSR count). The van der Waals surface area contributed by atoms with Crippen LogP contribution in [0.2, 0.25) is 0 Å². The van der Waals surface area contributed by atoms with Crippen molar-refractivity contribution in [2.24, 2.45) is 0 Å². The molecule has 11 aromatic rings. The van der Waals surface area contributed by atoms with Crippen molar-refractivity contribution < 1.29 is 0 Å². The summed E-state index contributed by atoms with van der Waals surface area (Å²) < 4.78 is 5.15. The van der Waals surface area contributed by atoms with Gasteiger partial charge in [-0.1, -0.05) is 127 Å². The summed E-state index contributed by atoms with van der Waals surface area (Å²) >= 11 is 3.67. The van der Waals surface area contributed by atoms with E-state index in [1.54, 1.807) is 0 Å². The molecule has 0 radical (unpaired) electrons. The molecule has 262 valence electrons. The van der Waals surface area contributed by atoms with E-state index in [1.807, 2.05) is 22.7 Å². The van der Waals surface area contributed by atoms with Crippen LogP contribution in [0.4, 0.5) is 0 Å². The van der Waals surface area contributed by atoms with Gasteiger partial charge in [0, 0.05) is 57.0 Å². The van der Waals surface area contributed by atoms with E-state index in [9.17, 15) is 0 Å². The average molecular weight is 749 g/mol. The molecule has 0 atom stereocenters. The molecule has 0 bridgehead atoms. The topological polar surface area (TPSA) is 25.8 Å². The van der Waals surface area contributed by atoms with Crippen LogP contribution in [0.15, 0.2) is 194 Å². The fourth-order valence-corrected chi connectivity index (χ4v) is 10.1. The molecule has 0 aliphatic rings. The summed E-state index contributed by atoms with van der Waals surface area (Å²) in [6.45, 7) is 0. The highest BCUT2D eigenvalue weighted by atomic mass is 32.1. The molecule has 0 saturated carbocycles. The van der Waals surface area contributed by atoms with Gasteiger partial charge in [-0.2, -0.15) is 0 Å². The van der Waals surface area contributed by atoms with Gasteiger partial charge in [-0.05, 0) is 100 Å². The lowest BCUT2D eigenvalue weighted by molar-refractivity contribution is 1.18. The van der Waals surface area contributed by atoms with Crippen molar-refractivity contribution in [2.45, 2.75) is 0 Å². The third-order valence-electron chi connectivity index (χ3n) is 10.7. The first-order chi connectivity index (χ1) is 27.7. The quantitative estimate of drug-likeness (QED) is 0.169. The van der Waals surface area contributed by atoms with Gasteiger partial charge in [0.05, 0.1) is 11.4 Å². The van der Waals surface area contributed by atoms with Gasteiger partial charge in [0.15, 0.2) is 5.82 Å². The van der Waals surface area contributed by atoms with Crippen LogP contribution in [0.1, 0.15) is 0 Å². The lowest BCUT2D eigenvalue weighted by atomic mass is 9.93. The highest BCUT2D eigenvalue weighted by Crippen LogP contribution is 2.41. The molecule has 2 nitrogen and oxygen atoms in total. The second kappa shape index (κ2) is 13.5. The largest absolute Gasteiger partial charge is 0.228 e. The zero-order chi connectivity index (χ0) is 37.0. The van der Waals surface area contributed by atoms with Crippen LogP contribution in [0, 0.1) is 0 Å². The molecule has 0 aliphatic carbocycles. The molecule has 0 aliphatic heterocycles. The number of benzene rings is 8. The number of aromatic nitrogens is 2. The Morgan fingerprint density at radius 2 is 0.750 bits per heavy atom. The van der Waals surface area contributed by atoms with Crippen LogP contribution in [0.25, 0.3) is 108 Å². The number of fused-ring (bicyclic) bond motifs is 6. The Morgan fingerprint density at radius 3 is 1.43 bits per heavy atom. The fourth-order valence-electron chi connectivity index (χ4n) is 7.95. The van der Waals surface area contributed by atoms with E-state index in [0.29, 0.717) is 5.82 Å². The molecule has 0 spiro atoms. The number of nitrogens with zero attached hydrogens (tertiary/aromatic N) is 2. The first-order valence-corrected chi connectivity index (χ1v) is 20.4. The third kappa shape index (κ3) is 5.79. The molecular weight excluding hydrogens is 717 g/mol. The number of hydrogen-bond donors (Lipinski definition) is 0. The van der Waals surface area contributed by atoms with Crippen LogP contribution in [-0.2, 0) is 0 Å². The summed E-state index contributed by atoms with van der Waals surface area (Å²) in [6, 6.07) is 69.8. The Morgan fingerprint density at radius 1 is 0.268 bits per heavy atom. The smallest absolute Gasteiger partial charge is 0.160 e. The average Bonchev–Trinajstić information content (AvgIpc) is 3.84. The van der Waals surface area contributed by atoms with E-state index >= 15 is 0 Å². The number of hydrogen-bond acceptors (Lipinski definition) is 4. The van der Waals surface area contributed by atoms with Crippen molar-refractivity contribution >= 4 is 63.0 Å². The second-order valence-corrected chi connectivity index (χ2v) is 16.3. The second-order valence-electron chi connectivity index (χ2n) is 14.2. The maximum Gasteiger partial charge on any atom is 0.160 e. The Labute approximate surface area is 332 Å². The van der Waals surface area contributed by atoms with Crippen molar-refractivity contribution in [2.75, 3.05) is 0 Å². The van der Waals surface area contributed by atoms with E-state index in [-0.39, 0.29) is 0 Å². The van der Waals surface area contributed by atoms with E-state index < -0.39 is 0 Å². The maximum atomic E-state index is 5.42. The summed E-state index contributed by atoms with van der Waals surface area (Å²) in [5.41, 5.74) is 11.8. The van der Waals surface area contributed by atoms with Gasteiger partial charge in [-0.15, -0.1) is 22.7 Å². The molecule has 3 aromatic heterocycles. The Hall–Kier alpha value is -6.72. The molecular formula is C52H32N2S2. The van der Waals surface area contributed by atoms with Gasteiger partial charge in [-0.3, -0.25) is 0 Å². The van der Waals surface area contributed by atoms with Gasteiger partial charge in [-0.25, -0.2) is 9.97 Å². The van der Waals surface area contributed by atoms with Crippen molar-refractivity contribution in [1.82, 2.24) is 9.97 Å². The lowest BCUT2D eigenvalue weighted by Gasteiger charge is -2.15. The molecule has 4 heteroatoms. The molecule has 0 amide bonds. The standard InChI is InChI=1S/C52H32N2S2/c1-3-13-33(14-4-1)37-27-38(35-23-25-50-44(30-35)42-19-9-11-21-48(42)55-50)29-39(28-37)46-32-47(41-18-8-7-17-40(41)34-15-5-2-6-16-34)54-52(53-46)36-24-26-51-45(31-36)43-20-10-12-22-49(43)56-51/h1-32H. The first-order valence-electron chi connectivity index (χ1n) is 18.8. The fraction of sp³-hybridized carbons (Fsp3) is 0. The minimum absolute atomic E-state index is 0.704. The maximum absolute atomic E-state index is 5.42. The van der Waals surface area contributed by atoms with Crippen LogP contribution < -0.4 is 0 Å². The Kier molecular flexibility index (Phi) is 7.90. The van der Waals surface area contributed by atoms with E-state index in [4.69, 9.17) is 9.97 Å². The molecule has 0 unspecified atom stereocenters. The van der Waals surface area contributed by atoms with Crippen molar-refractivity contribution in [3.8, 4) is 67.3 Å². The summed E-state index contributed by atoms with van der Waals surface area (Å²) in [5, 5.41) is 5.07. The molecule has 3 heterocycles. The summed E-state index contributed by atoms with van der Waals surface area (Å²) in [7, 11) is 0. The molecule has 0 saturated heterocycles. The van der Waals surface area contributed by atoms with Crippen molar-refractivity contribution in [3.63, 3.8) is 0 Å². The van der Waals surface area contributed by atoms with Gasteiger partial charge in [0.25, 0.3) is 0 Å². The molecule has 0 fully saturated rings. The van der Waals surface area contributed by atoms with E-state index in [2.05, 4.69) is 194 Å².